The van der Waals surface area contributed by atoms with Gasteiger partial charge < -0.3 is 10.2 Å². The van der Waals surface area contributed by atoms with Crippen LogP contribution < -0.4 is 5.32 Å². The predicted octanol–water partition coefficient (Wildman–Crippen LogP) is 0.769. The van der Waals surface area contributed by atoms with E-state index in [0.29, 0.717) is 5.92 Å². The molecule has 0 aromatic carbocycles. The highest BCUT2D eigenvalue weighted by molar-refractivity contribution is 5.94. The van der Waals surface area contributed by atoms with Crippen LogP contribution in [0.4, 0.5) is 0 Å². The van der Waals surface area contributed by atoms with Gasteiger partial charge in [0.05, 0.1) is 6.54 Å². The van der Waals surface area contributed by atoms with E-state index in [1.54, 1.807) is 4.90 Å². The van der Waals surface area contributed by atoms with Gasteiger partial charge in [-0.05, 0) is 31.1 Å². The maximum absolute atomic E-state index is 11.8. The Kier molecular flexibility index (Phi) is 2.68. The van der Waals surface area contributed by atoms with E-state index in [9.17, 15) is 9.59 Å². The van der Waals surface area contributed by atoms with Crippen molar-refractivity contribution in [2.45, 2.75) is 39.7 Å². The van der Waals surface area contributed by atoms with Crippen molar-refractivity contribution >= 4 is 11.8 Å². The van der Waals surface area contributed by atoms with Gasteiger partial charge in [-0.25, -0.2) is 0 Å². The van der Waals surface area contributed by atoms with Gasteiger partial charge in [-0.15, -0.1) is 0 Å². The first kappa shape index (κ1) is 11.4. The smallest absolute Gasteiger partial charge is 0.242 e. The fourth-order valence-electron chi connectivity index (χ4n) is 2.41. The highest BCUT2D eigenvalue weighted by atomic mass is 16.2. The number of hydrogen-bond acceptors (Lipinski definition) is 2. The number of rotatable bonds is 3. The Balaban J connectivity index is 2.07. The average molecular weight is 224 g/mol. The summed E-state index contributed by atoms with van der Waals surface area (Å²) < 4.78 is 0. The Hall–Kier alpha value is -1.06. The highest BCUT2D eigenvalue weighted by Crippen LogP contribution is 2.52. The van der Waals surface area contributed by atoms with Crippen LogP contribution in [-0.2, 0) is 9.59 Å². The topological polar surface area (TPSA) is 49.4 Å². The molecule has 0 bridgehead atoms. The summed E-state index contributed by atoms with van der Waals surface area (Å²) in [5.41, 5.74) is 0.279. The van der Waals surface area contributed by atoms with E-state index in [-0.39, 0.29) is 29.8 Å². The van der Waals surface area contributed by atoms with Crippen molar-refractivity contribution in [3.8, 4) is 0 Å². The van der Waals surface area contributed by atoms with E-state index in [2.05, 4.69) is 19.2 Å². The summed E-state index contributed by atoms with van der Waals surface area (Å²) in [6, 6.07) is -0.308. The molecule has 4 heteroatoms. The molecular formula is C12H20N2O2. The van der Waals surface area contributed by atoms with Crippen LogP contribution in [0.5, 0.6) is 0 Å². The second kappa shape index (κ2) is 3.75. The van der Waals surface area contributed by atoms with Crippen molar-refractivity contribution < 1.29 is 9.59 Å². The zero-order chi connectivity index (χ0) is 11.9. The van der Waals surface area contributed by atoms with Crippen molar-refractivity contribution in [1.82, 2.24) is 10.2 Å². The Morgan fingerprint density at radius 1 is 1.44 bits per heavy atom. The zero-order valence-corrected chi connectivity index (χ0v) is 10.2. The van der Waals surface area contributed by atoms with Crippen LogP contribution in [0.3, 0.4) is 0 Å². The molecule has 0 radical (unpaired) electrons. The Morgan fingerprint density at radius 3 is 2.56 bits per heavy atom. The molecular weight excluding hydrogens is 204 g/mol. The molecule has 1 N–H and O–H groups in total. The lowest BCUT2D eigenvalue weighted by Gasteiger charge is -2.36. The van der Waals surface area contributed by atoms with Crippen molar-refractivity contribution in [3.63, 3.8) is 0 Å². The molecule has 1 saturated heterocycles. The van der Waals surface area contributed by atoms with Crippen molar-refractivity contribution in [2.24, 2.45) is 11.3 Å². The minimum absolute atomic E-state index is 0.0286. The van der Waals surface area contributed by atoms with E-state index in [1.807, 2.05) is 6.92 Å². The van der Waals surface area contributed by atoms with E-state index in [4.69, 9.17) is 0 Å². The van der Waals surface area contributed by atoms with Crippen molar-refractivity contribution in [1.29, 1.82) is 0 Å². The molecule has 1 saturated carbocycles. The number of amides is 2. The Labute approximate surface area is 96.4 Å². The van der Waals surface area contributed by atoms with Gasteiger partial charge in [-0.1, -0.05) is 13.8 Å². The molecule has 2 aliphatic rings. The zero-order valence-electron chi connectivity index (χ0n) is 10.2. The standard InChI is InChI=1S/C12H20N2O2/c1-8(2)12(4-5-12)7-14-9(3)11(16)13-6-10(14)15/h8-9H,4-7H2,1-3H3,(H,13,16). The minimum atomic E-state index is -0.308. The first-order valence-corrected chi connectivity index (χ1v) is 6.03. The molecule has 1 atom stereocenters. The van der Waals surface area contributed by atoms with Gasteiger partial charge in [0.1, 0.15) is 6.04 Å². The molecule has 0 aromatic heterocycles. The number of hydrogen-bond donors (Lipinski definition) is 1. The first-order valence-electron chi connectivity index (χ1n) is 6.03. The van der Waals surface area contributed by atoms with E-state index in [1.165, 1.54) is 12.8 Å². The summed E-state index contributed by atoms with van der Waals surface area (Å²) in [4.78, 5) is 25.1. The molecule has 1 aliphatic carbocycles. The van der Waals surface area contributed by atoms with Crippen molar-refractivity contribution in [3.05, 3.63) is 0 Å². The second-order valence-electron chi connectivity index (χ2n) is 5.43. The second-order valence-corrected chi connectivity index (χ2v) is 5.43. The molecule has 2 amide bonds. The normalized spacial score (nSPS) is 28.2. The average Bonchev–Trinajstić information content (AvgIpc) is 3.00. The lowest BCUT2D eigenvalue weighted by atomic mass is 9.91. The van der Waals surface area contributed by atoms with Gasteiger partial charge >= 0.3 is 0 Å². The third-order valence-electron chi connectivity index (χ3n) is 4.18. The SMILES string of the molecule is CC1C(=O)NCC(=O)N1CC1(C(C)C)CC1. The molecule has 16 heavy (non-hydrogen) atoms. The van der Waals surface area contributed by atoms with Crippen LogP contribution in [0.1, 0.15) is 33.6 Å². The van der Waals surface area contributed by atoms with Gasteiger partial charge in [-0.3, -0.25) is 9.59 Å². The van der Waals surface area contributed by atoms with E-state index in [0.717, 1.165) is 6.54 Å². The minimum Gasteiger partial charge on any atom is -0.345 e. The number of carbonyl (C=O) groups is 2. The molecule has 0 aromatic rings. The summed E-state index contributed by atoms with van der Waals surface area (Å²) in [7, 11) is 0. The summed E-state index contributed by atoms with van der Waals surface area (Å²) in [6.07, 6.45) is 2.37. The van der Waals surface area contributed by atoms with Crippen LogP contribution in [-0.4, -0.2) is 35.8 Å². The number of carbonyl (C=O) groups excluding carboxylic acids is 2. The number of nitrogens with one attached hydrogen (secondary N) is 1. The fourth-order valence-corrected chi connectivity index (χ4v) is 2.41. The lowest BCUT2D eigenvalue weighted by molar-refractivity contribution is -0.146. The summed E-state index contributed by atoms with van der Waals surface area (Å²) in [5, 5.41) is 2.62. The maximum atomic E-state index is 11.8. The van der Waals surface area contributed by atoms with Gasteiger partial charge in [0, 0.05) is 6.54 Å². The summed E-state index contributed by atoms with van der Waals surface area (Å²) in [5.74, 6) is 0.607. The van der Waals surface area contributed by atoms with Gasteiger partial charge in [-0.2, -0.15) is 0 Å². The quantitative estimate of drug-likeness (QED) is 0.769. The molecule has 0 spiro atoms. The largest absolute Gasteiger partial charge is 0.345 e. The van der Waals surface area contributed by atoms with Gasteiger partial charge in [0.25, 0.3) is 0 Å². The highest BCUT2D eigenvalue weighted by Gasteiger charge is 2.48. The molecule has 2 fully saturated rings. The van der Waals surface area contributed by atoms with Crippen LogP contribution in [0, 0.1) is 11.3 Å². The van der Waals surface area contributed by atoms with Crippen LogP contribution in [0.15, 0.2) is 0 Å². The lowest BCUT2D eigenvalue weighted by Crippen LogP contribution is -2.58. The van der Waals surface area contributed by atoms with E-state index < -0.39 is 0 Å². The monoisotopic (exact) mass is 224 g/mol. The van der Waals surface area contributed by atoms with Crippen LogP contribution in [0.25, 0.3) is 0 Å². The molecule has 4 nitrogen and oxygen atoms in total. The third-order valence-corrected chi connectivity index (χ3v) is 4.18. The third kappa shape index (κ3) is 1.81. The summed E-state index contributed by atoms with van der Waals surface area (Å²) in [6.45, 7) is 7.12. The molecule has 90 valence electrons. The molecule has 1 heterocycles. The predicted molar refractivity (Wildman–Crippen MR) is 60.7 cm³/mol. The maximum Gasteiger partial charge on any atom is 0.242 e. The molecule has 1 aliphatic heterocycles. The molecule has 1 unspecified atom stereocenters. The van der Waals surface area contributed by atoms with Crippen molar-refractivity contribution in [2.75, 3.05) is 13.1 Å². The van der Waals surface area contributed by atoms with E-state index >= 15 is 0 Å². The molecule has 2 rings (SSSR count). The van der Waals surface area contributed by atoms with Crippen LogP contribution >= 0.6 is 0 Å². The fraction of sp³-hybridized carbons (Fsp3) is 0.833. The van der Waals surface area contributed by atoms with Gasteiger partial charge in [0.2, 0.25) is 11.8 Å². The Bertz CT molecular complexity index is 321. The number of nitrogens with zero attached hydrogens (tertiary/aromatic N) is 1. The first-order chi connectivity index (χ1) is 7.46. The number of piperazine rings is 1. The van der Waals surface area contributed by atoms with Gasteiger partial charge in [0.15, 0.2) is 0 Å². The van der Waals surface area contributed by atoms with Crippen LogP contribution in [0.2, 0.25) is 0 Å². The Morgan fingerprint density at radius 2 is 2.06 bits per heavy atom. The summed E-state index contributed by atoms with van der Waals surface area (Å²) >= 11 is 0.